The fourth-order valence-electron chi connectivity index (χ4n) is 1.23. The third kappa shape index (κ3) is 3.74. The third-order valence-electron chi connectivity index (χ3n) is 2.42. The lowest BCUT2D eigenvalue weighted by atomic mass is 9.93. The average molecular weight is 188 g/mol. The molecule has 0 aliphatic heterocycles. The van der Waals surface area contributed by atoms with Crippen LogP contribution < -0.4 is 11.1 Å². The van der Waals surface area contributed by atoms with Gasteiger partial charge < -0.3 is 15.8 Å². The van der Waals surface area contributed by atoms with Crippen LogP contribution in [-0.4, -0.2) is 31.7 Å². The van der Waals surface area contributed by atoms with Crippen LogP contribution in [0.2, 0.25) is 0 Å². The summed E-state index contributed by atoms with van der Waals surface area (Å²) < 4.78 is 4.73. The van der Waals surface area contributed by atoms with Crippen molar-refractivity contribution in [3.63, 3.8) is 0 Å². The van der Waals surface area contributed by atoms with E-state index in [-0.39, 0.29) is 18.1 Å². The van der Waals surface area contributed by atoms with Gasteiger partial charge in [0.05, 0.1) is 5.54 Å². The van der Waals surface area contributed by atoms with Gasteiger partial charge in [-0.05, 0) is 12.8 Å². The molecule has 0 rings (SSSR count). The quantitative estimate of drug-likeness (QED) is 0.628. The van der Waals surface area contributed by atoms with Gasteiger partial charge in [0.15, 0.2) is 0 Å². The number of methoxy groups -OCH3 is 1. The van der Waals surface area contributed by atoms with E-state index in [1.54, 1.807) is 0 Å². The summed E-state index contributed by atoms with van der Waals surface area (Å²) in [6.45, 7) is 4.60. The fourth-order valence-corrected chi connectivity index (χ4v) is 1.23. The van der Waals surface area contributed by atoms with E-state index in [2.05, 4.69) is 5.32 Å². The largest absolute Gasteiger partial charge is 0.375 e. The molecule has 0 aromatic rings. The molecule has 0 aromatic carbocycles. The van der Waals surface area contributed by atoms with Crippen LogP contribution in [0, 0.1) is 0 Å². The SMILES string of the molecule is CCC(CC)(CN)NC(=O)COC. The number of amides is 1. The number of carbonyl (C=O) groups excluding carboxylic acids is 1. The van der Waals surface area contributed by atoms with Crippen molar-refractivity contribution in [1.29, 1.82) is 0 Å². The highest BCUT2D eigenvalue weighted by molar-refractivity contribution is 5.78. The van der Waals surface area contributed by atoms with Crippen molar-refractivity contribution >= 4 is 5.91 Å². The molecule has 4 nitrogen and oxygen atoms in total. The molecule has 0 saturated heterocycles. The van der Waals surface area contributed by atoms with Gasteiger partial charge >= 0.3 is 0 Å². The van der Waals surface area contributed by atoms with Gasteiger partial charge in [-0.15, -0.1) is 0 Å². The Morgan fingerprint density at radius 3 is 2.31 bits per heavy atom. The van der Waals surface area contributed by atoms with Crippen molar-refractivity contribution < 1.29 is 9.53 Å². The number of rotatable bonds is 6. The van der Waals surface area contributed by atoms with Crippen LogP contribution in [-0.2, 0) is 9.53 Å². The predicted octanol–water partition coefficient (Wildman–Crippen LogP) is 0.267. The number of hydrogen-bond acceptors (Lipinski definition) is 3. The third-order valence-corrected chi connectivity index (χ3v) is 2.42. The molecule has 3 N–H and O–H groups in total. The molecule has 13 heavy (non-hydrogen) atoms. The number of carbonyl (C=O) groups is 1. The van der Waals surface area contributed by atoms with Gasteiger partial charge in [0.1, 0.15) is 6.61 Å². The fraction of sp³-hybridized carbons (Fsp3) is 0.889. The van der Waals surface area contributed by atoms with E-state index in [0.717, 1.165) is 12.8 Å². The normalized spacial score (nSPS) is 11.4. The summed E-state index contributed by atoms with van der Waals surface area (Å²) in [7, 11) is 1.50. The number of nitrogens with one attached hydrogen (secondary N) is 1. The highest BCUT2D eigenvalue weighted by atomic mass is 16.5. The minimum atomic E-state index is -0.254. The molecule has 0 atom stereocenters. The summed E-state index contributed by atoms with van der Waals surface area (Å²) in [6, 6.07) is 0. The molecule has 0 heterocycles. The molecule has 0 aliphatic carbocycles. The van der Waals surface area contributed by atoms with Crippen molar-refractivity contribution in [3.05, 3.63) is 0 Å². The van der Waals surface area contributed by atoms with Crippen molar-refractivity contribution in [2.45, 2.75) is 32.2 Å². The van der Waals surface area contributed by atoms with Crippen LogP contribution in [0.5, 0.6) is 0 Å². The maximum Gasteiger partial charge on any atom is 0.246 e. The van der Waals surface area contributed by atoms with Crippen LogP contribution in [0.4, 0.5) is 0 Å². The Labute approximate surface area is 79.8 Å². The number of hydrogen-bond donors (Lipinski definition) is 2. The van der Waals surface area contributed by atoms with Gasteiger partial charge in [-0.3, -0.25) is 4.79 Å². The van der Waals surface area contributed by atoms with E-state index in [0.29, 0.717) is 6.54 Å². The Balaban J connectivity index is 4.16. The molecule has 0 aromatic heterocycles. The second kappa shape index (κ2) is 5.94. The van der Waals surface area contributed by atoms with Crippen LogP contribution in [0.25, 0.3) is 0 Å². The first-order valence-corrected chi connectivity index (χ1v) is 4.64. The van der Waals surface area contributed by atoms with Crippen molar-refractivity contribution in [2.24, 2.45) is 5.73 Å². The molecule has 0 fully saturated rings. The zero-order valence-corrected chi connectivity index (χ0v) is 8.72. The van der Waals surface area contributed by atoms with Crippen molar-refractivity contribution in [3.8, 4) is 0 Å². The monoisotopic (exact) mass is 188 g/mol. The molecule has 4 heteroatoms. The Bertz CT molecular complexity index is 147. The van der Waals surface area contributed by atoms with Crippen LogP contribution in [0.1, 0.15) is 26.7 Å². The minimum absolute atomic E-state index is 0.0990. The summed E-state index contributed by atoms with van der Waals surface area (Å²) >= 11 is 0. The Kier molecular flexibility index (Phi) is 5.66. The van der Waals surface area contributed by atoms with Gasteiger partial charge in [0.25, 0.3) is 0 Å². The first kappa shape index (κ1) is 12.4. The highest BCUT2D eigenvalue weighted by Crippen LogP contribution is 2.12. The van der Waals surface area contributed by atoms with E-state index in [4.69, 9.17) is 10.5 Å². The predicted molar refractivity (Wildman–Crippen MR) is 52.4 cm³/mol. The Hall–Kier alpha value is -0.610. The molecule has 0 bridgehead atoms. The lowest BCUT2D eigenvalue weighted by Crippen LogP contribution is -2.53. The van der Waals surface area contributed by atoms with Gasteiger partial charge in [0.2, 0.25) is 5.91 Å². The van der Waals surface area contributed by atoms with Gasteiger partial charge in [-0.2, -0.15) is 0 Å². The zero-order valence-electron chi connectivity index (χ0n) is 8.72. The molecule has 0 spiro atoms. The second-order valence-corrected chi connectivity index (χ2v) is 3.17. The lowest BCUT2D eigenvalue weighted by Gasteiger charge is -2.31. The smallest absolute Gasteiger partial charge is 0.246 e. The Morgan fingerprint density at radius 2 is 2.00 bits per heavy atom. The Morgan fingerprint density at radius 1 is 1.46 bits per heavy atom. The molecule has 0 radical (unpaired) electrons. The van der Waals surface area contributed by atoms with E-state index in [1.807, 2.05) is 13.8 Å². The second-order valence-electron chi connectivity index (χ2n) is 3.17. The maximum absolute atomic E-state index is 11.2. The lowest BCUT2D eigenvalue weighted by molar-refractivity contribution is -0.126. The maximum atomic E-state index is 11.2. The van der Waals surface area contributed by atoms with E-state index >= 15 is 0 Å². The number of ether oxygens (including phenoxy) is 1. The average Bonchev–Trinajstić information content (AvgIpc) is 2.15. The molecule has 1 amide bonds. The van der Waals surface area contributed by atoms with E-state index in [1.165, 1.54) is 7.11 Å². The summed E-state index contributed by atoms with van der Waals surface area (Å²) in [5, 5.41) is 2.89. The number of nitrogens with two attached hydrogens (primary N) is 1. The molecule has 78 valence electrons. The molecule has 0 unspecified atom stereocenters. The highest BCUT2D eigenvalue weighted by Gasteiger charge is 2.25. The summed E-state index contributed by atoms with van der Waals surface area (Å²) in [6.07, 6.45) is 1.69. The van der Waals surface area contributed by atoms with Crippen molar-refractivity contribution in [1.82, 2.24) is 5.32 Å². The zero-order chi connectivity index (χ0) is 10.3. The van der Waals surface area contributed by atoms with Crippen LogP contribution >= 0.6 is 0 Å². The van der Waals surface area contributed by atoms with Crippen molar-refractivity contribution in [2.75, 3.05) is 20.3 Å². The summed E-state index contributed by atoms with van der Waals surface area (Å²) in [4.78, 5) is 11.2. The van der Waals surface area contributed by atoms with E-state index in [9.17, 15) is 4.79 Å². The molecule has 0 aliphatic rings. The molecule has 0 saturated carbocycles. The first-order valence-electron chi connectivity index (χ1n) is 4.64. The van der Waals surface area contributed by atoms with Gasteiger partial charge in [-0.25, -0.2) is 0 Å². The molecular formula is C9H20N2O2. The van der Waals surface area contributed by atoms with Gasteiger partial charge in [-0.1, -0.05) is 13.8 Å². The standard InChI is InChI=1S/C9H20N2O2/c1-4-9(5-2,7-10)11-8(12)6-13-3/h4-7,10H2,1-3H3,(H,11,12). The van der Waals surface area contributed by atoms with E-state index < -0.39 is 0 Å². The first-order chi connectivity index (χ1) is 6.14. The molecular weight excluding hydrogens is 168 g/mol. The van der Waals surface area contributed by atoms with Crippen LogP contribution in [0.3, 0.4) is 0 Å². The summed E-state index contributed by atoms with van der Waals surface area (Å²) in [5.41, 5.74) is 5.36. The topological polar surface area (TPSA) is 64.3 Å². The minimum Gasteiger partial charge on any atom is -0.375 e. The summed E-state index contributed by atoms with van der Waals surface area (Å²) in [5.74, 6) is -0.100. The van der Waals surface area contributed by atoms with Gasteiger partial charge in [0, 0.05) is 13.7 Å². The van der Waals surface area contributed by atoms with Crippen LogP contribution in [0.15, 0.2) is 0 Å².